The average Bonchev–Trinajstić information content (AvgIpc) is 3.70. The normalized spacial score (nSPS) is 58.9. The lowest BCUT2D eigenvalue weighted by molar-refractivity contribution is -0.391. The Morgan fingerprint density at radius 3 is 1.94 bits per heavy atom. The second-order valence-corrected chi connectivity index (χ2v) is 21.5. The van der Waals surface area contributed by atoms with Crippen molar-refractivity contribution in [2.24, 2.45) is 52.3 Å². The Bertz CT molecular complexity index is 1550. The van der Waals surface area contributed by atoms with Crippen molar-refractivity contribution >= 4 is 0 Å². The summed E-state index contributed by atoms with van der Waals surface area (Å²) < 4.78 is 50.0. The topological polar surface area (TPSA) is 256 Å². The molecule has 17 heteroatoms. The number of hydrogen-bond acceptors (Lipinski definition) is 17. The molecule has 5 saturated heterocycles. The molecule has 1 spiro atoms. The van der Waals surface area contributed by atoms with E-state index in [0.29, 0.717) is 47.8 Å². The Kier molecular flexibility index (Phi) is 13.1. The van der Waals surface area contributed by atoms with Crippen LogP contribution in [0.4, 0.5) is 0 Å². The van der Waals surface area contributed by atoms with Crippen LogP contribution < -0.4 is 0 Å². The summed E-state index contributed by atoms with van der Waals surface area (Å²) in [5, 5.41) is 95.9. The number of ether oxygens (including phenoxy) is 8. The number of hydrogen-bond donors (Lipinski definition) is 9. The lowest BCUT2D eigenvalue weighted by atomic mass is 9.44. The van der Waals surface area contributed by atoms with Gasteiger partial charge in [-0.1, -0.05) is 27.7 Å². The first-order valence-corrected chi connectivity index (χ1v) is 23.7. The molecule has 4 aliphatic carbocycles. The van der Waals surface area contributed by atoms with Gasteiger partial charge in [0.05, 0.1) is 38.1 Å². The minimum Gasteiger partial charge on any atom is -0.394 e. The largest absolute Gasteiger partial charge is 0.394 e. The van der Waals surface area contributed by atoms with Crippen LogP contribution in [-0.2, 0) is 37.9 Å². The zero-order chi connectivity index (χ0) is 44.2. The van der Waals surface area contributed by atoms with Crippen LogP contribution in [0, 0.1) is 52.3 Å². The summed E-state index contributed by atoms with van der Waals surface area (Å²) >= 11 is 0. The highest BCUT2D eigenvalue weighted by atomic mass is 16.8. The molecule has 4 saturated carbocycles. The molecule has 9 N–H and O–H groups in total. The Hall–Kier alpha value is -0.680. The first kappa shape index (κ1) is 46.4. The maximum atomic E-state index is 12.0. The molecule has 17 nitrogen and oxygen atoms in total. The van der Waals surface area contributed by atoms with Crippen molar-refractivity contribution in [3.8, 4) is 0 Å². The predicted molar refractivity (Wildman–Crippen MR) is 214 cm³/mol. The molecule has 27 atom stereocenters. The summed E-state index contributed by atoms with van der Waals surface area (Å²) in [5.74, 6) is 3.15. The van der Waals surface area contributed by atoms with Gasteiger partial charge >= 0.3 is 0 Å². The molecule has 62 heavy (non-hydrogen) atoms. The van der Waals surface area contributed by atoms with Gasteiger partial charge in [0.2, 0.25) is 0 Å². The van der Waals surface area contributed by atoms with E-state index in [0.717, 1.165) is 51.6 Å². The molecule has 0 aromatic heterocycles. The van der Waals surface area contributed by atoms with E-state index in [2.05, 4.69) is 27.7 Å². The molecule has 5 heterocycles. The summed E-state index contributed by atoms with van der Waals surface area (Å²) in [4.78, 5) is 0. The number of rotatable bonds is 8. The van der Waals surface area contributed by atoms with E-state index < -0.39 is 111 Å². The van der Waals surface area contributed by atoms with Crippen LogP contribution in [0.2, 0.25) is 0 Å². The highest BCUT2D eigenvalue weighted by molar-refractivity contribution is 5.15. The fraction of sp³-hybridized carbons (Fsp3) is 1.00. The Balaban J connectivity index is 0.902. The molecule has 0 aromatic carbocycles. The molecule has 0 aromatic rings. The number of aliphatic hydroxyl groups is 9. The minimum absolute atomic E-state index is 0.0972. The SMILES string of the molecule is C[C@H]1CC[C@@]2(OC1)OC1CC3[C@@H]4CC[C@@H]5C[C@@H](O[C@@H]6O[C@H](CO)[C@@H](O[C@@H]7O[C@@H](C)[C@H](O)[C@@H](O)[C@H]7O)[C@H](O)[C@H]6O[C@@H]6O[C@H](CO)[C@@H](O)[C@H](O)[C@H]6O)CC[C@]5(C)C4CC[C@]3(C)C1[C@@H]2C. The van der Waals surface area contributed by atoms with Gasteiger partial charge in [-0.3, -0.25) is 0 Å². The molecular weight excluding hydrogens is 812 g/mol. The van der Waals surface area contributed by atoms with E-state index >= 15 is 0 Å². The number of aliphatic hydroxyl groups excluding tert-OH is 9. The van der Waals surface area contributed by atoms with Gasteiger partial charge in [0.1, 0.15) is 67.1 Å². The highest BCUT2D eigenvalue weighted by Crippen LogP contribution is 2.71. The van der Waals surface area contributed by atoms with Crippen LogP contribution >= 0.6 is 0 Å². The third-order valence-electron chi connectivity index (χ3n) is 18.2. The van der Waals surface area contributed by atoms with Crippen molar-refractivity contribution < 1.29 is 83.9 Å². The van der Waals surface area contributed by atoms with Crippen LogP contribution in [-0.4, -0.2) is 176 Å². The van der Waals surface area contributed by atoms with Gasteiger partial charge in [-0.05, 0) is 111 Å². The quantitative estimate of drug-likeness (QED) is 0.149. The van der Waals surface area contributed by atoms with Gasteiger partial charge < -0.3 is 83.9 Å². The van der Waals surface area contributed by atoms with E-state index in [1.807, 2.05) is 0 Å². The van der Waals surface area contributed by atoms with Crippen molar-refractivity contribution in [3.05, 3.63) is 0 Å². The lowest BCUT2D eigenvalue weighted by Gasteiger charge is -2.61. The zero-order valence-electron chi connectivity index (χ0n) is 36.8. The van der Waals surface area contributed by atoms with Gasteiger partial charge in [-0.25, -0.2) is 0 Å². The molecule has 0 radical (unpaired) electrons. The Morgan fingerprint density at radius 2 is 1.24 bits per heavy atom. The van der Waals surface area contributed by atoms with Crippen molar-refractivity contribution in [3.63, 3.8) is 0 Å². The monoisotopic (exact) mass is 886 g/mol. The van der Waals surface area contributed by atoms with E-state index in [1.165, 1.54) is 19.8 Å². The fourth-order valence-electron chi connectivity index (χ4n) is 14.6. The van der Waals surface area contributed by atoms with Crippen molar-refractivity contribution in [2.45, 2.75) is 209 Å². The highest BCUT2D eigenvalue weighted by Gasteiger charge is 2.69. The molecule has 9 aliphatic rings. The summed E-state index contributed by atoms with van der Waals surface area (Å²) in [6, 6.07) is 0. The van der Waals surface area contributed by atoms with Crippen LogP contribution in [0.3, 0.4) is 0 Å². The summed E-state index contributed by atoms with van der Waals surface area (Å²) in [7, 11) is 0. The second-order valence-electron chi connectivity index (χ2n) is 21.5. The lowest BCUT2D eigenvalue weighted by Crippen LogP contribution is -2.67. The van der Waals surface area contributed by atoms with Crippen molar-refractivity contribution in [1.82, 2.24) is 0 Å². The van der Waals surface area contributed by atoms with E-state index in [9.17, 15) is 46.0 Å². The van der Waals surface area contributed by atoms with Gasteiger partial charge in [-0.2, -0.15) is 0 Å². The van der Waals surface area contributed by atoms with Crippen molar-refractivity contribution in [2.75, 3.05) is 19.8 Å². The van der Waals surface area contributed by atoms with Gasteiger partial charge in [0, 0.05) is 12.3 Å². The average molecular weight is 887 g/mol. The smallest absolute Gasteiger partial charge is 0.187 e. The maximum Gasteiger partial charge on any atom is 0.187 e. The molecule has 0 bridgehead atoms. The molecular formula is C45H74O17. The second kappa shape index (κ2) is 17.4. The van der Waals surface area contributed by atoms with E-state index in [1.54, 1.807) is 0 Å². The van der Waals surface area contributed by atoms with Crippen molar-refractivity contribution in [1.29, 1.82) is 0 Å². The molecule has 9 fully saturated rings. The molecule has 0 amide bonds. The van der Waals surface area contributed by atoms with Crippen LogP contribution in [0.5, 0.6) is 0 Å². The zero-order valence-corrected chi connectivity index (χ0v) is 36.8. The molecule has 9 rings (SSSR count). The van der Waals surface area contributed by atoms with Gasteiger partial charge in [0.15, 0.2) is 24.7 Å². The van der Waals surface area contributed by atoms with Gasteiger partial charge in [-0.15, -0.1) is 0 Å². The number of fused-ring (bicyclic) bond motifs is 7. The summed E-state index contributed by atoms with van der Waals surface area (Å²) in [5.41, 5.74) is 0.311. The van der Waals surface area contributed by atoms with Crippen LogP contribution in [0.25, 0.3) is 0 Å². The first-order chi connectivity index (χ1) is 29.4. The molecule has 356 valence electrons. The van der Waals surface area contributed by atoms with E-state index in [-0.39, 0.29) is 23.0 Å². The Labute approximate surface area is 364 Å². The van der Waals surface area contributed by atoms with Crippen LogP contribution in [0.15, 0.2) is 0 Å². The predicted octanol–water partition coefficient (Wildman–Crippen LogP) is 0.294. The first-order valence-electron chi connectivity index (χ1n) is 23.7. The third-order valence-corrected chi connectivity index (χ3v) is 18.2. The Morgan fingerprint density at radius 1 is 0.581 bits per heavy atom. The van der Waals surface area contributed by atoms with E-state index in [4.69, 9.17) is 37.9 Å². The third kappa shape index (κ3) is 7.56. The molecule has 4 unspecified atom stereocenters. The fourth-order valence-corrected chi connectivity index (χ4v) is 14.6. The van der Waals surface area contributed by atoms with Gasteiger partial charge in [0.25, 0.3) is 0 Å². The summed E-state index contributed by atoms with van der Waals surface area (Å²) in [6.07, 6.45) is -12.7. The summed E-state index contributed by atoms with van der Waals surface area (Å²) in [6.45, 7) is 10.6. The minimum atomic E-state index is -1.81. The maximum absolute atomic E-state index is 12.0. The standard InChI is InChI=1S/C45H74O17/c1-19-8-13-45(55-18-19)20(2)30-27(62-45)15-26-24-7-6-22-14-23(9-11-43(22,4)25(24)10-12-44(26,30)5)57-42-39(61-41-36(53)34(51)32(49)28(16-46)58-41)37(54)38(29(17-47)59-42)60-40-35(52)33(50)31(48)21(3)56-40/h19-42,46-54H,6-18H2,1-5H3/t19-,20-,21-,22+,23-,24+,25?,26?,27?,28+,29+,30?,31-,32+,33+,34-,35+,36+,37-,38+,39+,40-,41-,42+,43-,44-,45+/m0/s1. The molecule has 5 aliphatic heterocycles. The van der Waals surface area contributed by atoms with Crippen LogP contribution in [0.1, 0.15) is 98.8 Å².